The lowest BCUT2D eigenvalue weighted by Crippen LogP contribution is -2.42. The Morgan fingerprint density at radius 1 is 1.56 bits per heavy atom. The number of morpholine rings is 1. The number of carbonyl (C=O) groups is 1. The van der Waals surface area contributed by atoms with E-state index in [4.69, 9.17) is 4.74 Å². The van der Waals surface area contributed by atoms with Gasteiger partial charge in [-0.3, -0.25) is 4.79 Å². The van der Waals surface area contributed by atoms with E-state index in [0.717, 1.165) is 5.56 Å². The molecule has 0 unspecified atom stereocenters. The second-order valence-electron chi connectivity index (χ2n) is 3.79. The molecule has 16 heavy (non-hydrogen) atoms. The van der Waals surface area contributed by atoms with Gasteiger partial charge in [-0.15, -0.1) is 0 Å². The molecule has 86 valence electrons. The minimum Gasteiger partial charge on any atom is -0.362 e. The maximum Gasteiger partial charge on any atom is 0.248 e. The molecule has 1 aromatic rings. The number of halogens is 1. The molecule has 1 aliphatic heterocycles. The van der Waals surface area contributed by atoms with E-state index in [0.29, 0.717) is 13.1 Å². The molecule has 1 fully saturated rings. The molecule has 0 aliphatic carbocycles. The Labute approximate surface area is 93.8 Å². The predicted molar refractivity (Wildman–Crippen MR) is 57.3 cm³/mol. The number of rotatable bonds is 2. The minimum absolute atomic E-state index is 0.00449. The summed E-state index contributed by atoms with van der Waals surface area (Å²) in [5.74, 6) is -0.281. The second kappa shape index (κ2) is 4.61. The van der Waals surface area contributed by atoms with Crippen LogP contribution < -0.4 is 0 Å². The van der Waals surface area contributed by atoms with Crippen molar-refractivity contribution >= 4 is 5.91 Å². The number of ether oxygens (including phenoxy) is 1. The first-order valence-corrected chi connectivity index (χ1v) is 5.35. The highest BCUT2D eigenvalue weighted by Gasteiger charge is 2.26. The number of hydrogen-bond donors (Lipinski definition) is 0. The third-order valence-electron chi connectivity index (χ3n) is 2.75. The molecular weight excluding hydrogens is 209 g/mol. The lowest BCUT2D eigenvalue weighted by molar-refractivity contribution is -0.148. The number of nitrogens with zero attached hydrogens (tertiary/aromatic N) is 1. The van der Waals surface area contributed by atoms with Gasteiger partial charge in [0.05, 0.1) is 6.54 Å². The molecule has 2 rings (SSSR count). The fourth-order valence-corrected chi connectivity index (χ4v) is 1.83. The molecule has 0 spiro atoms. The van der Waals surface area contributed by atoms with E-state index in [1.807, 2.05) is 13.0 Å². The van der Waals surface area contributed by atoms with Crippen LogP contribution in [0.5, 0.6) is 0 Å². The van der Waals surface area contributed by atoms with Crippen LogP contribution >= 0.6 is 0 Å². The minimum atomic E-state index is -0.277. The van der Waals surface area contributed by atoms with E-state index in [9.17, 15) is 9.18 Å². The Bertz CT molecular complexity index is 394. The van der Waals surface area contributed by atoms with E-state index in [-0.39, 0.29) is 24.4 Å². The van der Waals surface area contributed by atoms with Crippen LogP contribution in [0.3, 0.4) is 0 Å². The summed E-state index contributed by atoms with van der Waals surface area (Å²) in [5.41, 5.74) is 0.783. The van der Waals surface area contributed by atoms with Gasteiger partial charge in [-0.25, -0.2) is 4.39 Å². The largest absolute Gasteiger partial charge is 0.362 e. The Hall–Kier alpha value is -1.42. The number of benzene rings is 1. The summed E-state index contributed by atoms with van der Waals surface area (Å²) in [6, 6.07) is 6.32. The Morgan fingerprint density at radius 2 is 2.38 bits per heavy atom. The molecular formula is C12H14FNO2. The summed E-state index contributed by atoms with van der Waals surface area (Å²) in [6.07, 6.45) is -0.214. The van der Waals surface area contributed by atoms with Crippen LogP contribution in [-0.4, -0.2) is 30.5 Å². The van der Waals surface area contributed by atoms with Crippen molar-refractivity contribution in [2.24, 2.45) is 0 Å². The first kappa shape index (κ1) is 11.1. The summed E-state index contributed by atoms with van der Waals surface area (Å²) in [5, 5.41) is 0. The van der Waals surface area contributed by atoms with Crippen molar-refractivity contribution < 1.29 is 13.9 Å². The molecule has 4 heteroatoms. The highest BCUT2D eigenvalue weighted by Crippen LogP contribution is 2.22. The average molecular weight is 223 g/mol. The van der Waals surface area contributed by atoms with Crippen LogP contribution in [-0.2, 0) is 9.53 Å². The first-order chi connectivity index (χ1) is 7.70. The zero-order valence-corrected chi connectivity index (χ0v) is 9.15. The summed E-state index contributed by atoms with van der Waals surface area (Å²) >= 11 is 0. The first-order valence-electron chi connectivity index (χ1n) is 5.35. The molecule has 0 aromatic heterocycles. The molecule has 1 amide bonds. The highest BCUT2D eigenvalue weighted by molar-refractivity contribution is 5.78. The SMILES string of the molecule is CCN1C[C@@H](c2cccc(F)c2)OCC1=O. The summed E-state index contributed by atoms with van der Waals surface area (Å²) in [7, 11) is 0. The monoisotopic (exact) mass is 223 g/mol. The van der Waals surface area contributed by atoms with Crippen molar-refractivity contribution in [3.8, 4) is 0 Å². The van der Waals surface area contributed by atoms with Crippen molar-refractivity contribution in [2.45, 2.75) is 13.0 Å². The lowest BCUT2D eigenvalue weighted by atomic mass is 10.1. The molecule has 0 radical (unpaired) electrons. The van der Waals surface area contributed by atoms with Gasteiger partial charge in [0.1, 0.15) is 18.5 Å². The quantitative estimate of drug-likeness (QED) is 0.764. The topological polar surface area (TPSA) is 29.5 Å². The van der Waals surface area contributed by atoms with E-state index in [1.165, 1.54) is 12.1 Å². The van der Waals surface area contributed by atoms with Gasteiger partial charge in [-0.2, -0.15) is 0 Å². The molecule has 0 N–H and O–H groups in total. The van der Waals surface area contributed by atoms with Crippen molar-refractivity contribution in [2.75, 3.05) is 19.7 Å². The van der Waals surface area contributed by atoms with Crippen LogP contribution in [0.2, 0.25) is 0 Å². The van der Waals surface area contributed by atoms with E-state index < -0.39 is 0 Å². The number of carbonyl (C=O) groups excluding carboxylic acids is 1. The van der Waals surface area contributed by atoms with Gasteiger partial charge < -0.3 is 9.64 Å². The molecule has 1 aliphatic rings. The van der Waals surface area contributed by atoms with Crippen LogP contribution in [0.25, 0.3) is 0 Å². The van der Waals surface area contributed by atoms with Crippen molar-refractivity contribution in [3.05, 3.63) is 35.6 Å². The zero-order valence-electron chi connectivity index (χ0n) is 9.15. The summed E-state index contributed by atoms with van der Waals surface area (Å²) in [6.45, 7) is 3.16. The van der Waals surface area contributed by atoms with Gasteiger partial charge >= 0.3 is 0 Å². The Kier molecular flexibility index (Phi) is 3.19. The smallest absolute Gasteiger partial charge is 0.248 e. The third-order valence-corrected chi connectivity index (χ3v) is 2.75. The zero-order chi connectivity index (χ0) is 11.5. The van der Waals surface area contributed by atoms with Crippen LogP contribution in [0.4, 0.5) is 4.39 Å². The van der Waals surface area contributed by atoms with Gasteiger partial charge in [0, 0.05) is 6.54 Å². The predicted octanol–water partition coefficient (Wildman–Crippen LogP) is 1.75. The number of likely N-dealkylation sites (N-methyl/N-ethyl adjacent to an activating group) is 1. The van der Waals surface area contributed by atoms with E-state index in [2.05, 4.69) is 0 Å². The second-order valence-corrected chi connectivity index (χ2v) is 3.79. The van der Waals surface area contributed by atoms with Crippen LogP contribution in [0.1, 0.15) is 18.6 Å². The number of hydrogen-bond acceptors (Lipinski definition) is 2. The van der Waals surface area contributed by atoms with Gasteiger partial charge in [0.2, 0.25) is 5.91 Å². The van der Waals surface area contributed by atoms with Crippen molar-refractivity contribution in [3.63, 3.8) is 0 Å². The third kappa shape index (κ3) is 2.22. The Morgan fingerprint density at radius 3 is 3.06 bits per heavy atom. The lowest BCUT2D eigenvalue weighted by Gasteiger charge is -2.32. The Balaban J connectivity index is 2.14. The van der Waals surface area contributed by atoms with Crippen LogP contribution in [0, 0.1) is 5.82 Å². The summed E-state index contributed by atoms with van der Waals surface area (Å²) < 4.78 is 18.4. The van der Waals surface area contributed by atoms with Crippen molar-refractivity contribution in [1.29, 1.82) is 0 Å². The standard InChI is InChI=1S/C12H14FNO2/c1-2-14-7-11(16-8-12(14)15)9-4-3-5-10(13)6-9/h3-6,11H,2,7-8H2,1H3/t11-/m0/s1. The molecule has 3 nitrogen and oxygen atoms in total. The van der Waals surface area contributed by atoms with Gasteiger partial charge in [-0.1, -0.05) is 12.1 Å². The highest BCUT2D eigenvalue weighted by atomic mass is 19.1. The average Bonchev–Trinajstić information content (AvgIpc) is 2.29. The maximum atomic E-state index is 13.0. The van der Waals surface area contributed by atoms with Crippen LogP contribution in [0.15, 0.2) is 24.3 Å². The molecule has 1 aromatic carbocycles. The van der Waals surface area contributed by atoms with E-state index >= 15 is 0 Å². The van der Waals surface area contributed by atoms with Gasteiger partial charge in [0.25, 0.3) is 0 Å². The number of amides is 1. The van der Waals surface area contributed by atoms with E-state index in [1.54, 1.807) is 11.0 Å². The molecule has 0 bridgehead atoms. The van der Waals surface area contributed by atoms with Gasteiger partial charge in [0.15, 0.2) is 0 Å². The molecule has 0 saturated carbocycles. The normalized spacial score (nSPS) is 21.2. The molecule has 1 atom stereocenters. The molecule has 1 saturated heterocycles. The van der Waals surface area contributed by atoms with Gasteiger partial charge in [-0.05, 0) is 24.6 Å². The summed E-state index contributed by atoms with van der Waals surface area (Å²) in [4.78, 5) is 13.1. The van der Waals surface area contributed by atoms with Crippen molar-refractivity contribution in [1.82, 2.24) is 4.90 Å². The molecule has 1 heterocycles. The maximum absolute atomic E-state index is 13.0. The fourth-order valence-electron chi connectivity index (χ4n) is 1.83. The fraction of sp³-hybridized carbons (Fsp3) is 0.417.